The average Bonchev–Trinajstić information content (AvgIpc) is 2.92. The predicted octanol–water partition coefficient (Wildman–Crippen LogP) is 3.09. The second-order valence-electron chi connectivity index (χ2n) is 5.09. The summed E-state index contributed by atoms with van der Waals surface area (Å²) in [5.41, 5.74) is 10.2. The van der Waals surface area contributed by atoms with Crippen molar-refractivity contribution in [2.75, 3.05) is 0 Å². The first kappa shape index (κ1) is 11.9. The largest absolute Gasteiger partial charge is 0.323 e. The molecule has 0 aliphatic heterocycles. The van der Waals surface area contributed by atoms with Gasteiger partial charge >= 0.3 is 0 Å². The van der Waals surface area contributed by atoms with Crippen LogP contribution in [0.5, 0.6) is 0 Å². The highest BCUT2D eigenvalue weighted by Crippen LogP contribution is 2.36. The summed E-state index contributed by atoms with van der Waals surface area (Å²) in [5, 5.41) is 1.04. The zero-order chi connectivity index (χ0) is 13.5. The van der Waals surface area contributed by atoms with Gasteiger partial charge in [-0.15, -0.1) is 11.3 Å². The van der Waals surface area contributed by atoms with Crippen LogP contribution < -0.4 is 5.73 Å². The van der Waals surface area contributed by atoms with Crippen molar-refractivity contribution < 1.29 is 0 Å². The van der Waals surface area contributed by atoms with Gasteiger partial charge in [0.15, 0.2) is 0 Å². The second kappa shape index (κ2) is 4.61. The maximum absolute atomic E-state index is 6.15. The van der Waals surface area contributed by atoms with E-state index in [0.717, 1.165) is 40.1 Å². The zero-order valence-corrected chi connectivity index (χ0v) is 11.7. The van der Waals surface area contributed by atoms with Gasteiger partial charge in [0.05, 0.1) is 16.7 Å². The first-order valence-electron chi connectivity index (χ1n) is 6.77. The summed E-state index contributed by atoms with van der Waals surface area (Å²) in [7, 11) is 0. The van der Waals surface area contributed by atoms with Crippen LogP contribution in [0.25, 0.3) is 21.6 Å². The molecule has 2 N–H and O–H groups in total. The maximum Gasteiger partial charge on any atom is 0.124 e. The smallest absolute Gasteiger partial charge is 0.124 e. The summed E-state index contributed by atoms with van der Waals surface area (Å²) in [6, 6.07) is 6.21. The van der Waals surface area contributed by atoms with E-state index in [1.54, 1.807) is 23.7 Å². The van der Waals surface area contributed by atoms with E-state index in [0.29, 0.717) is 0 Å². The van der Waals surface area contributed by atoms with Crippen LogP contribution in [0.15, 0.2) is 30.6 Å². The van der Waals surface area contributed by atoms with Gasteiger partial charge in [-0.25, -0.2) is 4.98 Å². The van der Waals surface area contributed by atoms with Gasteiger partial charge < -0.3 is 5.73 Å². The SMILES string of the molecule is NC1CCCc2sc(-c3ccc4nccnc4c3)nc21. The molecule has 20 heavy (non-hydrogen) atoms. The van der Waals surface area contributed by atoms with Crippen LogP contribution in [0.2, 0.25) is 0 Å². The van der Waals surface area contributed by atoms with Crippen molar-refractivity contribution in [1.29, 1.82) is 0 Å². The summed E-state index contributed by atoms with van der Waals surface area (Å²) in [4.78, 5) is 14.7. The third-order valence-electron chi connectivity index (χ3n) is 3.71. The van der Waals surface area contributed by atoms with Gasteiger partial charge in [0.1, 0.15) is 5.01 Å². The van der Waals surface area contributed by atoms with Crippen molar-refractivity contribution >= 4 is 22.4 Å². The van der Waals surface area contributed by atoms with E-state index in [9.17, 15) is 0 Å². The van der Waals surface area contributed by atoms with Crippen molar-refractivity contribution in [3.8, 4) is 10.6 Å². The molecule has 0 radical (unpaired) electrons. The summed E-state index contributed by atoms with van der Waals surface area (Å²) in [6.07, 6.45) is 6.74. The third kappa shape index (κ3) is 1.90. The second-order valence-corrected chi connectivity index (χ2v) is 6.17. The third-order valence-corrected chi connectivity index (χ3v) is 4.89. The van der Waals surface area contributed by atoms with E-state index in [1.165, 1.54) is 11.3 Å². The fraction of sp³-hybridized carbons (Fsp3) is 0.267. The predicted molar refractivity (Wildman–Crippen MR) is 80.5 cm³/mol. The van der Waals surface area contributed by atoms with Crippen LogP contribution >= 0.6 is 11.3 Å². The molecule has 1 aliphatic carbocycles. The summed E-state index contributed by atoms with van der Waals surface area (Å²) < 4.78 is 0. The highest BCUT2D eigenvalue weighted by atomic mass is 32.1. The molecule has 2 heterocycles. The van der Waals surface area contributed by atoms with E-state index < -0.39 is 0 Å². The molecule has 4 rings (SSSR count). The van der Waals surface area contributed by atoms with Crippen LogP contribution in [0.4, 0.5) is 0 Å². The molecule has 0 saturated heterocycles. The van der Waals surface area contributed by atoms with Crippen LogP contribution in [-0.4, -0.2) is 15.0 Å². The molecule has 1 aliphatic rings. The molecule has 4 nitrogen and oxygen atoms in total. The van der Waals surface area contributed by atoms with Crippen molar-refractivity contribution in [2.45, 2.75) is 25.3 Å². The van der Waals surface area contributed by atoms with Gasteiger partial charge in [-0.2, -0.15) is 0 Å². The number of nitrogens with two attached hydrogens (primary N) is 1. The molecular weight excluding hydrogens is 268 g/mol. The van der Waals surface area contributed by atoms with Gasteiger partial charge in [0, 0.05) is 28.9 Å². The maximum atomic E-state index is 6.15. The van der Waals surface area contributed by atoms with E-state index in [2.05, 4.69) is 22.1 Å². The molecule has 0 amide bonds. The lowest BCUT2D eigenvalue weighted by atomic mass is 9.99. The molecule has 2 aromatic heterocycles. The monoisotopic (exact) mass is 282 g/mol. The molecule has 1 atom stereocenters. The Kier molecular flexibility index (Phi) is 2.75. The molecule has 1 aromatic carbocycles. The van der Waals surface area contributed by atoms with E-state index in [1.807, 2.05) is 6.07 Å². The Morgan fingerprint density at radius 1 is 1.15 bits per heavy atom. The fourth-order valence-electron chi connectivity index (χ4n) is 2.67. The van der Waals surface area contributed by atoms with Gasteiger partial charge in [-0.05, 0) is 37.5 Å². The number of fused-ring (bicyclic) bond motifs is 2. The zero-order valence-electron chi connectivity index (χ0n) is 10.9. The highest BCUT2D eigenvalue weighted by Gasteiger charge is 2.22. The van der Waals surface area contributed by atoms with Gasteiger partial charge in [-0.3, -0.25) is 9.97 Å². The minimum atomic E-state index is 0.101. The van der Waals surface area contributed by atoms with Gasteiger partial charge in [0.25, 0.3) is 0 Å². The lowest BCUT2D eigenvalue weighted by Gasteiger charge is -2.15. The minimum absolute atomic E-state index is 0.101. The summed E-state index contributed by atoms with van der Waals surface area (Å²) in [6.45, 7) is 0. The number of thiazole rings is 1. The number of rotatable bonds is 1. The molecule has 0 fully saturated rings. The number of benzene rings is 1. The summed E-state index contributed by atoms with van der Waals surface area (Å²) in [5.74, 6) is 0. The van der Waals surface area contributed by atoms with Crippen LogP contribution in [0.1, 0.15) is 29.5 Å². The fourth-order valence-corrected chi connectivity index (χ4v) is 3.84. The van der Waals surface area contributed by atoms with Gasteiger partial charge in [-0.1, -0.05) is 0 Å². The van der Waals surface area contributed by atoms with Crippen molar-refractivity contribution in [3.63, 3.8) is 0 Å². The normalized spacial score (nSPS) is 18.1. The van der Waals surface area contributed by atoms with E-state index >= 15 is 0 Å². The van der Waals surface area contributed by atoms with Crippen molar-refractivity contribution in [1.82, 2.24) is 15.0 Å². The average molecular weight is 282 g/mol. The molecule has 1 unspecified atom stereocenters. The Hall–Kier alpha value is -1.85. The number of hydrogen-bond acceptors (Lipinski definition) is 5. The Bertz CT molecular complexity index is 780. The number of hydrogen-bond donors (Lipinski definition) is 1. The topological polar surface area (TPSA) is 64.7 Å². The molecule has 0 bridgehead atoms. The van der Waals surface area contributed by atoms with E-state index in [-0.39, 0.29) is 6.04 Å². The Balaban J connectivity index is 1.83. The van der Waals surface area contributed by atoms with Crippen LogP contribution in [0.3, 0.4) is 0 Å². The minimum Gasteiger partial charge on any atom is -0.323 e. The first-order chi connectivity index (χ1) is 9.81. The van der Waals surface area contributed by atoms with Gasteiger partial charge in [0.2, 0.25) is 0 Å². The lowest BCUT2D eigenvalue weighted by Crippen LogP contribution is -2.16. The molecule has 100 valence electrons. The molecule has 0 saturated carbocycles. The Morgan fingerprint density at radius 2 is 2.00 bits per heavy atom. The molecule has 3 aromatic rings. The number of nitrogens with zero attached hydrogens (tertiary/aromatic N) is 3. The quantitative estimate of drug-likeness (QED) is 0.745. The standard InChI is InChI=1S/C15H14N4S/c16-10-2-1-3-13-14(10)19-15(20-13)9-4-5-11-12(8-9)18-7-6-17-11/h4-8,10H,1-3,16H2. The molecule has 5 heteroatoms. The van der Waals surface area contributed by atoms with Crippen LogP contribution in [0, 0.1) is 0 Å². The first-order valence-corrected chi connectivity index (χ1v) is 7.59. The Morgan fingerprint density at radius 3 is 2.85 bits per heavy atom. The Labute approximate surface area is 120 Å². The molecular formula is C15H14N4S. The van der Waals surface area contributed by atoms with Crippen LogP contribution in [-0.2, 0) is 6.42 Å². The van der Waals surface area contributed by atoms with E-state index in [4.69, 9.17) is 10.7 Å². The number of aromatic nitrogens is 3. The number of aryl methyl sites for hydroxylation is 1. The lowest BCUT2D eigenvalue weighted by molar-refractivity contribution is 0.564. The molecule has 0 spiro atoms. The summed E-state index contributed by atoms with van der Waals surface area (Å²) >= 11 is 1.76. The van der Waals surface area contributed by atoms with Crippen molar-refractivity contribution in [3.05, 3.63) is 41.2 Å². The van der Waals surface area contributed by atoms with Crippen molar-refractivity contribution in [2.24, 2.45) is 5.73 Å². The highest BCUT2D eigenvalue weighted by molar-refractivity contribution is 7.15.